The fourth-order valence-electron chi connectivity index (χ4n) is 3.22. The fraction of sp³-hybridized carbons (Fsp3) is 0.350. The lowest BCUT2D eigenvalue weighted by atomic mass is 10.2. The minimum atomic E-state index is -0.461. The minimum absolute atomic E-state index is 0.0507. The molecule has 0 spiro atoms. The maximum absolute atomic E-state index is 13.4. The Labute approximate surface area is 162 Å². The van der Waals surface area contributed by atoms with E-state index in [9.17, 15) is 19.3 Å². The van der Waals surface area contributed by atoms with Crippen LogP contribution in [-0.4, -0.2) is 60.0 Å². The molecule has 7 nitrogen and oxygen atoms in total. The zero-order valence-corrected chi connectivity index (χ0v) is 15.4. The first-order chi connectivity index (χ1) is 13.5. The molecule has 0 aromatic heterocycles. The number of hydrogen-bond donors (Lipinski definition) is 0. The van der Waals surface area contributed by atoms with E-state index in [-0.39, 0.29) is 17.3 Å². The van der Waals surface area contributed by atoms with Gasteiger partial charge in [0, 0.05) is 44.4 Å². The van der Waals surface area contributed by atoms with Crippen LogP contribution < -0.4 is 4.74 Å². The summed E-state index contributed by atoms with van der Waals surface area (Å²) >= 11 is 0. The zero-order valence-electron chi connectivity index (χ0n) is 15.4. The molecule has 1 amide bonds. The normalized spacial score (nSPS) is 15.1. The summed E-state index contributed by atoms with van der Waals surface area (Å²) in [6.07, 6.45) is 0.798. The first-order valence-electron chi connectivity index (χ1n) is 9.18. The number of rotatable bonds is 6. The highest BCUT2D eigenvalue weighted by Gasteiger charge is 2.21. The average Bonchev–Trinajstić information content (AvgIpc) is 2.93. The molecule has 0 N–H and O–H groups in total. The minimum Gasteiger partial charge on any atom is -0.485 e. The average molecular weight is 387 g/mol. The number of benzene rings is 2. The largest absolute Gasteiger partial charge is 0.485 e. The number of halogens is 1. The summed E-state index contributed by atoms with van der Waals surface area (Å²) in [6, 6.07) is 12.0. The van der Waals surface area contributed by atoms with Gasteiger partial charge in [0.15, 0.2) is 5.75 Å². The SMILES string of the molecule is O=C(c1cccc(F)c1)N1CCCN(CCOc2ccccc2[N+](=O)[O-])CC1. The molecule has 28 heavy (non-hydrogen) atoms. The Morgan fingerprint density at radius 2 is 1.93 bits per heavy atom. The van der Waals surface area contributed by atoms with E-state index in [4.69, 9.17) is 4.74 Å². The van der Waals surface area contributed by atoms with Gasteiger partial charge in [-0.15, -0.1) is 0 Å². The number of ether oxygens (including phenoxy) is 1. The molecule has 148 valence electrons. The van der Waals surface area contributed by atoms with Crippen LogP contribution >= 0.6 is 0 Å². The number of para-hydroxylation sites is 2. The third-order valence-electron chi connectivity index (χ3n) is 4.67. The molecule has 1 heterocycles. The standard InChI is InChI=1S/C20H22FN3O4/c21-17-6-3-5-16(15-17)20(25)23-10-4-9-22(11-12-23)13-14-28-19-8-2-1-7-18(19)24(26)27/h1-3,5-8,15H,4,9-14H2. The highest BCUT2D eigenvalue weighted by atomic mass is 19.1. The second-order valence-corrected chi connectivity index (χ2v) is 6.57. The van der Waals surface area contributed by atoms with Crippen molar-refractivity contribution >= 4 is 11.6 Å². The fourth-order valence-corrected chi connectivity index (χ4v) is 3.22. The van der Waals surface area contributed by atoms with E-state index in [1.54, 1.807) is 29.2 Å². The van der Waals surface area contributed by atoms with Crippen LogP contribution in [0.2, 0.25) is 0 Å². The number of nitro benzene ring substituents is 1. The van der Waals surface area contributed by atoms with E-state index in [1.165, 1.54) is 24.3 Å². The monoisotopic (exact) mass is 387 g/mol. The molecule has 1 aliphatic heterocycles. The van der Waals surface area contributed by atoms with Gasteiger partial charge in [-0.3, -0.25) is 19.8 Å². The summed E-state index contributed by atoms with van der Waals surface area (Å²) in [5.74, 6) is -0.336. The third-order valence-corrected chi connectivity index (χ3v) is 4.67. The van der Waals surface area contributed by atoms with Gasteiger partial charge >= 0.3 is 5.69 Å². The number of nitrogens with zero attached hydrogens (tertiary/aromatic N) is 3. The molecule has 0 unspecified atom stereocenters. The molecule has 8 heteroatoms. The maximum Gasteiger partial charge on any atom is 0.310 e. The van der Waals surface area contributed by atoms with Crippen LogP contribution in [0.15, 0.2) is 48.5 Å². The number of carbonyl (C=O) groups is 1. The Bertz CT molecular complexity index is 846. The summed E-state index contributed by atoms with van der Waals surface area (Å²) in [4.78, 5) is 27.0. The van der Waals surface area contributed by atoms with Crippen molar-refractivity contribution in [3.8, 4) is 5.75 Å². The van der Waals surface area contributed by atoms with Crippen molar-refractivity contribution in [3.05, 3.63) is 70.0 Å². The molecule has 1 saturated heterocycles. The van der Waals surface area contributed by atoms with Gasteiger partial charge in [0.1, 0.15) is 12.4 Å². The molecule has 2 aromatic carbocycles. The van der Waals surface area contributed by atoms with Crippen molar-refractivity contribution in [2.75, 3.05) is 39.3 Å². The highest BCUT2D eigenvalue weighted by molar-refractivity contribution is 5.94. The van der Waals surface area contributed by atoms with Gasteiger partial charge in [-0.05, 0) is 30.7 Å². The van der Waals surface area contributed by atoms with Crippen LogP contribution in [0.3, 0.4) is 0 Å². The molecular formula is C20H22FN3O4. The van der Waals surface area contributed by atoms with Crippen LogP contribution in [0.4, 0.5) is 10.1 Å². The van der Waals surface area contributed by atoms with Crippen LogP contribution in [-0.2, 0) is 0 Å². The molecule has 0 aliphatic carbocycles. The number of amides is 1. The molecular weight excluding hydrogens is 365 g/mol. The molecule has 0 radical (unpaired) electrons. The molecule has 1 fully saturated rings. The highest BCUT2D eigenvalue weighted by Crippen LogP contribution is 2.25. The zero-order chi connectivity index (χ0) is 19.9. The summed E-state index contributed by atoms with van der Waals surface area (Å²) in [6.45, 7) is 3.54. The predicted molar refractivity (Wildman–Crippen MR) is 102 cm³/mol. The van der Waals surface area contributed by atoms with E-state index >= 15 is 0 Å². The second-order valence-electron chi connectivity index (χ2n) is 6.57. The van der Waals surface area contributed by atoms with E-state index in [0.717, 1.165) is 13.0 Å². The lowest BCUT2D eigenvalue weighted by Gasteiger charge is -2.22. The summed E-state index contributed by atoms with van der Waals surface area (Å²) in [5.41, 5.74) is 0.304. The second kappa shape index (κ2) is 9.27. The Morgan fingerprint density at radius 3 is 2.71 bits per heavy atom. The summed E-state index contributed by atoms with van der Waals surface area (Å²) in [7, 11) is 0. The molecule has 0 atom stereocenters. The predicted octanol–water partition coefficient (Wildman–Crippen LogP) is 2.96. The third kappa shape index (κ3) is 5.04. The molecule has 0 saturated carbocycles. The van der Waals surface area contributed by atoms with Crippen LogP contribution in [0.1, 0.15) is 16.8 Å². The van der Waals surface area contributed by atoms with E-state index in [2.05, 4.69) is 4.90 Å². The summed E-state index contributed by atoms with van der Waals surface area (Å²) < 4.78 is 19.0. The Kier molecular flexibility index (Phi) is 6.54. The Balaban J connectivity index is 1.50. The van der Waals surface area contributed by atoms with Crippen molar-refractivity contribution in [1.82, 2.24) is 9.80 Å². The van der Waals surface area contributed by atoms with Gasteiger partial charge in [0.2, 0.25) is 0 Å². The molecule has 2 aromatic rings. The van der Waals surface area contributed by atoms with Crippen molar-refractivity contribution in [3.63, 3.8) is 0 Å². The van der Waals surface area contributed by atoms with Crippen LogP contribution in [0.25, 0.3) is 0 Å². The van der Waals surface area contributed by atoms with Gasteiger partial charge < -0.3 is 9.64 Å². The smallest absolute Gasteiger partial charge is 0.310 e. The van der Waals surface area contributed by atoms with Crippen LogP contribution in [0, 0.1) is 15.9 Å². The van der Waals surface area contributed by atoms with Crippen molar-refractivity contribution in [2.45, 2.75) is 6.42 Å². The molecule has 1 aliphatic rings. The first kappa shape index (κ1) is 19.8. The Hall–Kier alpha value is -3.00. The van der Waals surface area contributed by atoms with E-state index in [1.807, 2.05) is 0 Å². The van der Waals surface area contributed by atoms with Gasteiger partial charge in [0.25, 0.3) is 5.91 Å². The Morgan fingerprint density at radius 1 is 1.11 bits per heavy atom. The van der Waals surface area contributed by atoms with Gasteiger partial charge in [0.05, 0.1) is 4.92 Å². The number of hydrogen-bond acceptors (Lipinski definition) is 5. The molecule has 0 bridgehead atoms. The summed E-state index contributed by atoms with van der Waals surface area (Å²) in [5, 5.41) is 11.0. The molecule has 3 rings (SSSR count). The van der Waals surface area contributed by atoms with Crippen molar-refractivity contribution < 1.29 is 18.8 Å². The van der Waals surface area contributed by atoms with Crippen molar-refractivity contribution in [1.29, 1.82) is 0 Å². The van der Waals surface area contributed by atoms with E-state index in [0.29, 0.717) is 38.3 Å². The number of carbonyl (C=O) groups excluding carboxylic acids is 1. The van der Waals surface area contributed by atoms with Gasteiger partial charge in [-0.2, -0.15) is 0 Å². The first-order valence-corrected chi connectivity index (χ1v) is 9.18. The quantitative estimate of drug-likeness (QED) is 0.563. The maximum atomic E-state index is 13.4. The lowest BCUT2D eigenvalue weighted by Crippen LogP contribution is -2.36. The van der Waals surface area contributed by atoms with Gasteiger partial charge in [-0.1, -0.05) is 18.2 Å². The lowest BCUT2D eigenvalue weighted by molar-refractivity contribution is -0.385. The van der Waals surface area contributed by atoms with E-state index < -0.39 is 10.7 Å². The topological polar surface area (TPSA) is 75.9 Å². The number of nitro groups is 1. The van der Waals surface area contributed by atoms with Crippen molar-refractivity contribution in [2.24, 2.45) is 0 Å². The van der Waals surface area contributed by atoms with Gasteiger partial charge in [-0.25, -0.2) is 4.39 Å². The van der Waals surface area contributed by atoms with Crippen LogP contribution in [0.5, 0.6) is 5.75 Å².